The maximum absolute atomic E-state index is 5.40. The molecule has 120 valence electrons. The van der Waals surface area contributed by atoms with Crippen LogP contribution in [0.1, 0.15) is 5.56 Å². The molecule has 0 radical (unpaired) electrons. The monoisotopic (exact) mass is 321 g/mol. The molecule has 4 heteroatoms. The second-order valence-electron chi connectivity index (χ2n) is 5.28. The van der Waals surface area contributed by atoms with Crippen LogP contribution >= 0.6 is 12.4 Å². The van der Waals surface area contributed by atoms with Crippen LogP contribution in [0.4, 0.5) is 0 Å². The minimum atomic E-state index is 0. The molecule has 0 aromatic heterocycles. The van der Waals surface area contributed by atoms with Crippen molar-refractivity contribution in [3.05, 3.63) is 48.0 Å². The van der Waals surface area contributed by atoms with Crippen LogP contribution in [0.2, 0.25) is 0 Å². The largest absolute Gasteiger partial charge is 0.493 e. The van der Waals surface area contributed by atoms with Gasteiger partial charge in [0.1, 0.15) is 0 Å². The summed E-state index contributed by atoms with van der Waals surface area (Å²) >= 11 is 0. The average molecular weight is 322 g/mol. The van der Waals surface area contributed by atoms with Crippen LogP contribution in [0.3, 0.4) is 0 Å². The van der Waals surface area contributed by atoms with Gasteiger partial charge in [-0.3, -0.25) is 0 Å². The molecule has 2 aromatic carbocycles. The van der Waals surface area contributed by atoms with Gasteiger partial charge in [-0.15, -0.1) is 12.4 Å². The van der Waals surface area contributed by atoms with E-state index >= 15 is 0 Å². The SMILES string of the molecule is COc1ccc(-c2ccccc2CCN(C)C)cc1OC.Cl. The van der Waals surface area contributed by atoms with Crippen molar-refractivity contribution in [3.8, 4) is 22.6 Å². The van der Waals surface area contributed by atoms with Crippen LogP contribution in [-0.4, -0.2) is 39.8 Å². The number of ether oxygens (including phenoxy) is 2. The highest BCUT2D eigenvalue weighted by Crippen LogP contribution is 2.33. The normalized spacial score (nSPS) is 10.2. The summed E-state index contributed by atoms with van der Waals surface area (Å²) in [5.41, 5.74) is 3.75. The Hall–Kier alpha value is -1.71. The molecule has 0 saturated heterocycles. The number of rotatable bonds is 6. The molecule has 0 aliphatic heterocycles. The van der Waals surface area contributed by atoms with E-state index < -0.39 is 0 Å². The molecule has 0 N–H and O–H groups in total. The van der Waals surface area contributed by atoms with E-state index in [1.807, 2.05) is 12.1 Å². The Balaban J connectivity index is 0.00000242. The third-order valence-corrected chi connectivity index (χ3v) is 3.54. The van der Waals surface area contributed by atoms with Gasteiger partial charge in [0.15, 0.2) is 11.5 Å². The van der Waals surface area contributed by atoms with Gasteiger partial charge in [0.05, 0.1) is 14.2 Å². The molecule has 0 spiro atoms. The minimum Gasteiger partial charge on any atom is -0.493 e. The first-order valence-corrected chi connectivity index (χ1v) is 7.10. The molecule has 2 rings (SSSR count). The lowest BCUT2D eigenvalue weighted by atomic mass is 9.97. The summed E-state index contributed by atoms with van der Waals surface area (Å²) in [6.45, 7) is 1.03. The molecule has 0 saturated carbocycles. The first-order chi connectivity index (χ1) is 10.2. The number of hydrogen-bond acceptors (Lipinski definition) is 3. The van der Waals surface area contributed by atoms with Gasteiger partial charge in [-0.1, -0.05) is 30.3 Å². The van der Waals surface area contributed by atoms with Crippen molar-refractivity contribution in [1.29, 1.82) is 0 Å². The molecule has 0 bridgehead atoms. The van der Waals surface area contributed by atoms with Crippen LogP contribution in [-0.2, 0) is 6.42 Å². The quantitative estimate of drug-likeness (QED) is 0.805. The molecular weight excluding hydrogens is 298 g/mol. The molecular formula is C18H24ClNO2. The Morgan fingerprint density at radius 1 is 0.909 bits per heavy atom. The summed E-state index contributed by atoms with van der Waals surface area (Å²) in [6.07, 6.45) is 1.03. The van der Waals surface area contributed by atoms with E-state index in [2.05, 4.69) is 49.3 Å². The van der Waals surface area contributed by atoms with Crippen molar-refractivity contribution in [2.24, 2.45) is 0 Å². The highest BCUT2D eigenvalue weighted by atomic mass is 35.5. The number of benzene rings is 2. The smallest absolute Gasteiger partial charge is 0.161 e. The lowest BCUT2D eigenvalue weighted by molar-refractivity contribution is 0.355. The maximum atomic E-state index is 5.40. The molecule has 0 amide bonds. The van der Waals surface area contributed by atoms with E-state index in [4.69, 9.17) is 9.47 Å². The van der Waals surface area contributed by atoms with Gasteiger partial charge in [0, 0.05) is 6.54 Å². The van der Waals surface area contributed by atoms with Gasteiger partial charge in [-0.05, 0) is 49.3 Å². The first-order valence-electron chi connectivity index (χ1n) is 7.10. The van der Waals surface area contributed by atoms with Gasteiger partial charge >= 0.3 is 0 Å². The maximum Gasteiger partial charge on any atom is 0.161 e. The van der Waals surface area contributed by atoms with E-state index in [0.717, 1.165) is 30.0 Å². The van der Waals surface area contributed by atoms with Crippen LogP contribution in [0, 0.1) is 0 Å². The van der Waals surface area contributed by atoms with Gasteiger partial charge in [-0.25, -0.2) is 0 Å². The highest BCUT2D eigenvalue weighted by Gasteiger charge is 2.09. The summed E-state index contributed by atoms with van der Waals surface area (Å²) in [7, 11) is 7.51. The van der Waals surface area contributed by atoms with Crippen molar-refractivity contribution in [1.82, 2.24) is 4.90 Å². The summed E-state index contributed by atoms with van der Waals surface area (Å²) in [4.78, 5) is 2.20. The fraction of sp³-hybridized carbons (Fsp3) is 0.333. The third-order valence-electron chi connectivity index (χ3n) is 3.54. The van der Waals surface area contributed by atoms with E-state index in [0.29, 0.717) is 0 Å². The molecule has 22 heavy (non-hydrogen) atoms. The molecule has 3 nitrogen and oxygen atoms in total. The Bertz CT molecular complexity index is 599. The topological polar surface area (TPSA) is 21.7 Å². The van der Waals surface area contributed by atoms with Crippen molar-refractivity contribution in [2.45, 2.75) is 6.42 Å². The minimum absolute atomic E-state index is 0. The third kappa shape index (κ3) is 4.39. The van der Waals surface area contributed by atoms with E-state index in [1.165, 1.54) is 11.1 Å². The predicted molar refractivity (Wildman–Crippen MR) is 94.5 cm³/mol. The van der Waals surface area contributed by atoms with Crippen molar-refractivity contribution in [3.63, 3.8) is 0 Å². The van der Waals surface area contributed by atoms with Crippen LogP contribution in [0.25, 0.3) is 11.1 Å². The Morgan fingerprint density at radius 2 is 1.59 bits per heavy atom. The molecule has 0 fully saturated rings. The van der Waals surface area contributed by atoms with Gasteiger partial charge in [0.2, 0.25) is 0 Å². The van der Waals surface area contributed by atoms with Gasteiger partial charge in [0.25, 0.3) is 0 Å². The number of likely N-dealkylation sites (N-methyl/N-ethyl adjacent to an activating group) is 1. The number of methoxy groups -OCH3 is 2. The zero-order valence-electron chi connectivity index (χ0n) is 13.6. The van der Waals surface area contributed by atoms with E-state index in [-0.39, 0.29) is 12.4 Å². The fourth-order valence-corrected chi connectivity index (χ4v) is 2.37. The average Bonchev–Trinajstić information content (AvgIpc) is 2.52. The van der Waals surface area contributed by atoms with E-state index in [1.54, 1.807) is 14.2 Å². The predicted octanol–water partition coefficient (Wildman–Crippen LogP) is 3.90. The highest BCUT2D eigenvalue weighted by molar-refractivity contribution is 5.85. The Labute approximate surface area is 139 Å². The van der Waals surface area contributed by atoms with Crippen molar-refractivity contribution >= 4 is 12.4 Å². The summed E-state index contributed by atoms with van der Waals surface area (Å²) in [5.74, 6) is 1.52. The second kappa shape index (κ2) is 8.66. The number of hydrogen-bond donors (Lipinski definition) is 0. The zero-order valence-corrected chi connectivity index (χ0v) is 14.4. The number of halogens is 1. The van der Waals surface area contributed by atoms with Crippen LogP contribution in [0.15, 0.2) is 42.5 Å². The lowest BCUT2D eigenvalue weighted by Gasteiger charge is -2.14. The molecule has 0 unspecified atom stereocenters. The fourth-order valence-electron chi connectivity index (χ4n) is 2.37. The Morgan fingerprint density at radius 3 is 2.23 bits per heavy atom. The van der Waals surface area contributed by atoms with Gasteiger partial charge < -0.3 is 14.4 Å². The van der Waals surface area contributed by atoms with Crippen LogP contribution in [0.5, 0.6) is 11.5 Å². The number of nitrogens with zero attached hydrogens (tertiary/aromatic N) is 1. The zero-order chi connectivity index (χ0) is 15.2. The summed E-state index contributed by atoms with van der Waals surface area (Å²) in [5, 5.41) is 0. The van der Waals surface area contributed by atoms with Crippen molar-refractivity contribution < 1.29 is 9.47 Å². The van der Waals surface area contributed by atoms with Gasteiger partial charge in [-0.2, -0.15) is 0 Å². The molecule has 0 heterocycles. The second-order valence-corrected chi connectivity index (χ2v) is 5.28. The lowest BCUT2D eigenvalue weighted by Crippen LogP contribution is -2.15. The standard InChI is InChI=1S/C18H23NO2.ClH/c1-19(2)12-11-14-7-5-6-8-16(14)15-9-10-17(20-3)18(13-15)21-4;/h5-10,13H,11-12H2,1-4H3;1H. The summed E-state index contributed by atoms with van der Waals surface area (Å²) in [6, 6.07) is 14.6. The van der Waals surface area contributed by atoms with E-state index in [9.17, 15) is 0 Å². The summed E-state index contributed by atoms with van der Waals surface area (Å²) < 4.78 is 10.7. The molecule has 0 atom stereocenters. The molecule has 0 aliphatic carbocycles. The Kier molecular flexibility index (Phi) is 7.22. The van der Waals surface area contributed by atoms with Crippen molar-refractivity contribution in [2.75, 3.05) is 34.9 Å². The van der Waals surface area contributed by atoms with Crippen LogP contribution < -0.4 is 9.47 Å². The molecule has 0 aliphatic rings. The first kappa shape index (κ1) is 18.3. The molecule has 2 aromatic rings.